The SMILES string of the molecule is CCCCc1cc(NC(=O)Nc2ccc(OCc3ccnc(NC(C)=O)c3)c3ccccc23)n(-c2ccc(C)cc2)n1. The molecule has 9 heteroatoms. The maximum absolute atomic E-state index is 13.3. The number of hydrogen-bond acceptors (Lipinski definition) is 5. The topological polar surface area (TPSA) is 110 Å². The molecule has 214 valence electrons. The zero-order valence-electron chi connectivity index (χ0n) is 24.0. The number of carbonyl (C=O) groups is 2. The van der Waals surface area contributed by atoms with Gasteiger partial charge in [0.1, 0.15) is 24.0 Å². The molecule has 0 fully saturated rings. The van der Waals surface area contributed by atoms with Crippen molar-refractivity contribution in [3.05, 3.63) is 102 Å². The number of anilines is 3. The average Bonchev–Trinajstić information content (AvgIpc) is 3.38. The number of ether oxygens (including phenoxy) is 1. The second-order valence-electron chi connectivity index (χ2n) is 10.1. The van der Waals surface area contributed by atoms with Crippen molar-refractivity contribution in [3.63, 3.8) is 0 Å². The zero-order valence-corrected chi connectivity index (χ0v) is 24.0. The van der Waals surface area contributed by atoms with E-state index in [4.69, 9.17) is 9.84 Å². The van der Waals surface area contributed by atoms with Crippen molar-refractivity contribution >= 4 is 40.0 Å². The molecule has 0 bridgehead atoms. The number of aryl methyl sites for hydroxylation is 2. The number of nitrogens with zero attached hydrogens (tertiary/aromatic N) is 3. The second-order valence-corrected chi connectivity index (χ2v) is 10.1. The molecule has 9 nitrogen and oxygen atoms in total. The van der Waals surface area contributed by atoms with E-state index in [1.807, 2.05) is 79.7 Å². The van der Waals surface area contributed by atoms with Gasteiger partial charge in [-0.3, -0.25) is 10.1 Å². The van der Waals surface area contributed by atoms with Gasteiger partial charge in [0.05, 0.1) is 17.1 Å². The molecule has 0 aliphatic rings. The second kappa shape index (κ2) is 13.0. The number of hydrogen-bond donors (Lipinski definition) is 3. The third-order valence-corrected chi connectivity index (χ3v) is 6.72. The molecule has 0 aliphatic carbocycles. The van der Waals surface area contributed by atoms with E-state index in [0.29, 0.717) is 23.1 Å². The summed E-state index contributed by atoms with van der Waals surface area (Å²) >= 11 is 0. The third-order valence-electron chi connectivity index (χ3n) is 6.72. The van der Waals surface area contributed by atoms with Gasteiger partial charge in [-0.05, 0) is 61.7 Å². The summed E-state index contributed by atoms with van der Waals surface area (Å²) in [6.45, 7) is 5.91. The Morgan fingerprint density at radius 2 is 1.69 bits per heavy atom. The Morgan fingerprint density at radius 1 is 0.905 bits per heavy atom. The Balaban J connectivity index is 1.34. The van der Waals surface area contributed by atoms with Crippen LogP contribution >= 0.6 is 0 Å². The van der Waals surface area contributed by atoms with Crippen LogP contribution in [0.5, 0.6) is 5.75 Å². The summed E-state index contributed by atoms with van der Waals surface area (Å²) in [5.74, 6) is 1.56. The molecule has 0 radical (unpaired) electrons. The molecule has 42 heavy (non-hydrogen) atoms. The van der Waals surface area contributed by atoms with Crippen LogP contribution in [0, 0.1) is 6.92 Å². The minimum Gasteiger partial charge on any atom is -0.488 e. The highest BCUT2D eigenvalue weighted by atomic mass is 16.5. The normalized spacial score (nSPS) is 10.8. The predicted molar refractivity (Wildman–Crippen MR) is 166 cm³/mol. The number of carbonyl (C=O) groups excluding carboxylic acids is 2. The van der Waals surface area contributed by atoms with Gasteiger partial charge in [-0.25, -0.2) is 14.5 Å². The van der Waals surface area contributed by atoms with Gasteiger partial charge in [-0.1, -0.05) is 55.3 Å². The molecular formula is C33H34N6O3. The van der Waals surface area contributed by atoms with Gasteiger partial charge < -0.3 is 15.4 Å². The molecule has 0 aliphatic heterocycles. The lowest BCUT2D eigenvalue weighted by molar-refractivity contribution is -0.114. The monoisotopic (exact) mass is 562 g/mol. The third kappa shape index (κ3) is 6.93. The average molecular weight is 563 g/mol. The maximum atomic E-state index is 13.3. The number of urea groups is 1. The first-order valence-corrected chi connectivity index (χ1v) is 14.0. The molecule has 0 spiro atoms. The minimum absolute atomic E-state index is 0.185. The fourth-order valence-electron chi connectivity index (χ4n) is 4.63. The lowest BCUT2D eigenvalue weighted by Crippen LogP contribution is -2.21. The smallest absolute Gasteiger partial charge is 0.324 e. The number of rotatable bonds is 10. The Kier molecular flexibility index (Phi) is 8.77. The van der Waals surface area contributed by atoms with Crippen LogP contribution in [-0.2, 0) is 17.8 Å². The highest BCUT2D eigenvalue weighted by molar-refractivity contribution is 6.07. The number of nitrogens with one attached hydrogen (secondary N) is 3. The Hall–Kier alpha value is -5.18. The van der Waals surface area contributed by atoms with Crippen LogP contribution in [0.4, 0.5) is 22.1 Å². The van der Waals surface area contributed by atoms with Crippen LogP contribution in [0.15, 0.2) is 85.1 Å². The van der Waals surface area contributed by atoms with Gasteiger partial charge in [0, 0.05) is 30.0 Å². The van der Waals surface area contributed by atoms with Crippen molar-refractivity contribution in [1.29, 1.82) is 0 Å². The Labute approximate surface area is 244 Å². The Bertz CT molecular complexity index is 1710. The molecular weight excluding hydrogens is 528 g/mol. The van der Waals surface area contributed by atoms with E-state index in [1.165, 1.54) is 6.92 Å². The standard InChI is InChI=1S/C33H34N6O3/c1-4-5-8-25-20-32(39(38-25)26-13-11-22(2)12-14-26)37-33(41)36-29-15-16-30(28-10-7-6-9-27(28)29)42-21-24-17-18-34-31(19-24)35-23(3)40/h6-7,9-20H,4-5,8,21H2,1-3H3,(H,34,35,40)(H2,36,37,41). The van der Waals surface area contributed by atoms with Crippen LogP contribution < -0.4 is 20.7 Å². The minimum atomic E-state index is -0.369. The number of pyridine rings is 1. The van der Waals surface area contributed by atoms with Gasteiger partial charge in [-0.2, -0.15) is 5.10 Å². The van der Waals surface area contributed by atoms with Crippen LogP contribution in [0.1, 0.15) is 43.5 Å². The molecule has 0 saturated carbocycles. The van der Waals surface area contributed by atoms with Crippen molar-refractivity contribution in [2.24, 2.45) is 0 Å². The quantitative estimate of drug-likeness (QED) is 0.166. The lowest BCUT2D eigenvalue weighted by Gasteiger charge is -2.15. The Morgan fingerprint density at radius 3 is 2.45 bits per heavy atom. The number of amides is 3. The summed E-state index contributed by atoms with van der Waals surface area (Å²) in [4.78, 5) is 28.8. The predicted octanol–water partition coefficient (Wildman–Crippen LogP) is 7.25. The highest BCUT2D eigenvalue weighted by Crippen LogP contribution is 2.32. The van der Waals surface area contributed by atoms with Crippen LogP contribution in [0.3, 0.4) is 0 Å². The van der Waals surface area contributed by atoms with Gasteiger partial charge in [0.2, 0.25) is 5.91 Å². The molecule has 2 heterocycles. The molecule has 0 saturated heterocycles. The van der Waals surface area contributed by atoms with E-state index in [0.717, 1.165) is 52.5 Å². The first-order chi connectivity index (χ1) is 20.4. The first-order valence-electron chi connectivity index (χ1n) is 14.0. The molecule has 2 aromatic heterocycles. The largest absolute Gasteiger partial charge is 0.488 e. The van der Waals surface area contributed by atoms with Gasteiger partial charge in [-0.15, -0.1) is 0 Å². The molecule has 5 aromatic rings. The fourth-order valence-corrected chi connectivity index (χ4v) is 4.63. The summed E-state index contributed by atoms with van der Waals surface area (Å²) in [6.07, 6.45) is 4.56. The highest BCUT2D eigenvalue weighted by Gasteiger charge is 2.15. The fraction of sp³-hybridized carbons (Fsp3) is 0.212. The van der Waals surface area contributed by atoms with E-state index in [2.05, 4.69) is 27.9 Å². The van der Waals surface area contributed by atoms with Crippen LogP contribution in [0.2, 0.25) is 0 Å². The van der Waals surface area contributed by atoms with Crippen LogP contribution in [-0.4, -0.2) is 26.7 Å². The lowest BCUT2D eigenvalue weighted by atomic mass is 10.1. The molecule has 3 amide bonds. The van der Waals surface area contributed by atoms with Gasteiger partial charge in [0.15, 0.2) is 0 Å². The van der Waals surface area contributed by atoms with E-state index in [-0.39, 0.29) is 18.5 Å². The van der Waals surface area contributed by atoms with E-state index < -0.39 is 0 Å². The van der Waals surface area contributed by atoms with E-state index in [9.17, 15) is 9.59 Å². The number of aromatic nitrogens is 3. The van der Waals surface area contributed by atoms with Crippen molar-refractivity contribution in [2.75, 3.05) is 16.0 Å². The molecule has 0 unspecified atom stereocenters. The van der Waals surface area contributed by atoms with Crippen molar-refractivity contribution in [2.45, 2.75) is 46.6 Å². The molecule has 3 N–H and O–H groups in total. The summed E-state index contributed by atoms with van der Waals surface area (Å²) in [7, 11) is 0. The van der Waals surface area contributed by atoms with Crippen molar-refractivity contribution in [1.82, 2.24) is 14.8 Å². The number of fused-ring (bicyclic) bond motifs is 1. The van der Waals surface area contributed by atoms with Crippen molar-refractivity contribution < 1.29 is 14.3 Å². The summed E-state index contributed by atoms with van der Waals surface area (Å²) in [6, 6.07) is 24.6. The molecule has 3 aromatic carbocycles. The zero-order chi connectivity index (χ0) is 29.5. The summed E-state index contributed by atoms with van der Waals surface area (Å²) in [5.41, 5.74) is 4.48. The number of benzene rings is 3. The summed E-state index contributed by atoms with van der Waals surface area (Å²) < 4.78 is 7.92. The summed E-state index contributed by atoms with van der Waals surface area (Å²) in [5, 5.41) is 15.2. The molecule has 0 atom stereocenters. The first kappa shape index (κ1) is 28.4. The van der Waals surface area contributed by atoms with E-state index in [1.54, 1.807) is 16.9 Å². The maximum Gasteiger partial charge on any atom is 0.324 e. The van der Waals surface area contributed by atoms with Crippen LogP contribution in [0.25, 0.3) is 16.5 Å². The van der Waals surface area contributed by atoms with Gasteiger partial charge >= 0.3 is 6.03 Å². The number of unbranched alkanes of at least 4 members (excludes halogenated alkanes) is 1. The van der Waals surface area contributed by atoms with E-state index >= 15 is 0 Å². The van der Waals surface area contributed by atoms with Crippen molar-refractivity contribution in [3.8, 4) is 11.4 Å². The van der Waals surface area contributed by atoms with Gasteiger partial charge in [0.25, 0.3) is 0 Å². The molecule has 5 rings (SSSR count).